The number of benzene rings is 1. The number of phenols is 1. The zero-order chi connectivity index (χ0) is 18.8. The predicted molar refractivity (Wildman–Crippen MR) is 95.9 cm³/mol. The van der Waals surface area contributed by atoms with Crippen LogP contribution >= 0.6 is 11.6 Å². The number of rotatable bonds is 5. The van der Waals surface area contributed by atoms with E-state index in [2.05, 4.69) is 10.6 Å². The number of aromatic hydroxyl groups is 1. The van der Waals surface area contributed by atoms with Crippen molar-refractivity contribution in [1.29, 1.82) is 0 Å². The maximum absolute atomic E-state index is 12.9. The van der Waals surface area contributed by atoms with Gasteiger partial charge in [-0.25, -0.2) is 0 Å². The van der Waals surface area contributed by atoms with Gasteiger partial charge in [-0.05, 0) is 44.4 Å². The van der Waals surface area contributed by atoms with E-state index in [0.29, 0.717) is 13.0 Å². The fourth-order valence-electron chi connectivity index (χ4n) is 3.18. The highest BCUT2D eigenvalue weighted by atomic mass is 35.5. The summed E-state index contributed by atoms with van der Waals surface area (Å²) in [6.07, 6.45) is 2.17. The minimum absolute atomic E-state index is 0.00775. The highest BCUT2D eigenvalue weighted by Crippen LogP contribution is 2.30. The van der Waals surface area contributed by atoms with Crippen LogP contribution in [0, 0.1) is 5.92 Å². The third-order valence-corrected chi connectivity index (χ3v) is 5.01. The molecule has 0 aromatic heterocycles. The Bertz CT molecular complexity index is 735. The molecule has 8 heteroatoms. The lowest BCUT2D eigenvalue weighted by Crippen LogP contribution is -2.46. The number of likely N-dealkylation sites (tertiary alicyclic amines) is 1. The number of halogens is 1. The average molecular weight is 380 g/mol. The van der Waals surface area contributed by atoms with Crippen molar-refractivity contribution in [3.05, 3.63) is 28.8 Å². The van der Waals surface area contributed by atoms with E-state index in [9.17, 15) is 19.5 Å². The maximum Gasteiger partial charge on any atom is 0.254 e. The lowest BCUT2D eigenvalue weighted by atomic mass is 10.1. The highest BCUT2D eigenvalue weighted by Gasteiger charge is 2.41. The van der Waals surface area contributed by atoms with Crippen molar-refractivity contribution in [1.82, 2.24) is 15.5 Å². The smallest absolute Gasteiger partial charge is 0.254 e. The molecular weight excluding hydrogens is 358 g/mol. The van der Waals surface area contributed by atoms with Gasteiger partial charge >= 0.3 is 0 Å². The molecule has 26 heavy (non-hydrogen) atoms. The van der Waals surface area contributed by atoms with E-state index in [-0.39, 0.29) is 52.6 Å². The van der Waals surface area contributed by atoms with Gasteiger partial charge in [0, 0.05) is 30.6 Å². The Morgan fingerprint density at radius 1 is 1.27 bits per heavy atom. The van der Waals surface area contributed by atoms with E-state index in [1.165, 1.54) is 23.1 Å². The number of amides is 3. The first-order chi connectivity index (χ1) is 12.4. The second-order valence-electron chi connectivity index (χ2n) is 6.75. The third kappa shape index (κ3) is 3.93. The van der Waals surface area contributed by atoms with Crippen molar-refractivity contribution in [3.8, 4) is 5.75 Å². The largest absolute Gasteiger partial charge is 0.506 e. The molecule has 2 fully saturated rings. The first-order valence-electron chi connectivity index (χ1n) is 8.78. The Kier molecular flexibility index (Phi) is 5.36. The molecule has 3 amide bonds. The number of nitrogens with one attached hydrogen (secondary N) is 2. The van der Waals surface area contributed by atoms with E-state index >= 15 is 0 Å². The van der Waals surface area contributed by atoms with Gasteiger partial charge in [-0.1, -0.05) is 11.6 Å². The Hall–Kier alpha value is -2.28. The molecule has 1 aliphatic carbocycles. The van der Waals surface area contributed by atoms with Crippen LogP contribution in [-0.4, -0.2) is 52.9 Å². The van der Waals surface area contributed by atoms with Gasteiger partial charge in [0.05, 0.1) is 5.02 Å². The Balaban J connectivity index is 1.78. The molecule has 3 rings (SSSR count). The van der Waals surface area contributed by atoms with Gasteiger partial charge in [-0.3, -0.25) is 14.4 Å². The summed E-state index contributed by atoms with van der Waals surface area (Å²) in [6, 6.07) is 3.28. The summed E-state index contributed by atoms with van der Waals surface area (Å²) >= 11 is 5.90. The van der Waals surface area contributed by atoms with Crippen LogP contribution in [0.3, 0.4) is 0 Å². The van der Waals surface area contributed by atoms with Gasteiger partial charge in [0.15, 0.2) is 0 Å². The van der Waals surface area contributed by atoms with E-state index in [1.54, 1.807) is 0 Å². The van der Waals surface area contributed by atoms with Crippen molar-refractivity contribution in [2.45, 2.75) is 38.3 Å². The molecule has 0 unspecified atom stereocenters. The topological polar surface area (TPSA) is 98.7 Å². The molecular formula is C18H22ClN3O4. The zero-order valence-corrected chi connectivity index (χ0v) is 15.3. The quantitative estimate of drug-likeness (QED) is 0.717. The van der Waals surface area contributed by atoms with Gasteiger partial charge in [-0.15, -0.1) is 0 Å². The molecule has 1 saturated carbocycles. The standard InChI is InChI=1S/C18H22ClN3O4/c1-2-20-17(25)14-8-12(21-16(24)10-3-4-10)9-22(14)18(26)11-5-6-15(23)13(19)7-11/h5-7,10,12,14,23H,2-4,8-9H2,1H3,(H,20,25)(H,21,24)/t12-,14+/m1/s1. The van der Waals surface area contributed by atoms with Gasteiger partial charge in [0.1, 0.15) is 11.8 Å². The fraction of sp³-hybridized carbons (Fsp3) is 0.500. The van der Waals surface area contributed by atoms with Crippen molar-refractivity contribution in [2.75, 3.05) is 13.1 Å². The van der Waals surface area contributed by atoms with Gasteiger partial charge in [-0.2, -0.15) is 0 Å². The molecule has 140 valence electrons. The summed E-state index contributed by atoms with van der Waals surface area (Å²) in [4.78, 5) is 38.8. The molecule has 1 saturated heterocycles. The number of hydrogen-bond donors (Lipinski definition) is 3. The normalized spacial score (nSPS) is 22.2. The summed E-state index contributed by atoms with van der Waals surface area (Å²) < 4.78 is 0. The summed E-state index contributed by atoms with van der Waals surface area (Å²) in [6.45, 7) is 2.53. The number of likely N-dealkylation sites (N-methyl/N-ethyl adjacent to an activating group) is 1. The van der Waals surface area contributed by atoms with E-state index < -0.39 is 6.04 Å². The minimum atomic E-state index is -0.653. The lowest BCUT2D eigenvalue weighted by Gasteiger charge is -2.23. The molecule has 1 aromatic rings. The summed E-state index contributed by atoms with van der Waals surface area (Å²) in [7, 11) is 0. The van der Waals surface area contributed by atoms with E-state index in [4.69, 9.17) is 11.6 Å². The minimum Gasteiger partial charge on any atom is -0.506 e. The van der Waals surface area contributed by atoms with Crippen molar-refractivity contribution < 1.29 is 19.5 Å². The van der Waals surface area contributed by atoms with Crippen molar-refractivity contribution in [2.24, 2.45) is 5.92 Å². The number of nitrogens with zero attached hydrogens (tertiary/aromatic N) is 1. The second-order valence-corrected chi connectivity index (χ2v) is 7.16. The molecule has 2 aliphatic rings. The van der Waals surface area contributed by atoms with Gasteiger partial charge in [0.25, 0.3) is 5.91 Å². The van der Waals surface area contributed by atoms with Crippen LogP contribution in [0.4, 0.5) is 0 Å². The van der Waals surface area contributed by atoms with Crippen LogP contribution in [-0.2, 0) is 9.59 Å². The zero-order valence-electron chi connectivity index (χ0n) is 14.5. The Morgan fingerprint density at radius 2 is 2.00 bits per heavy atom. The van der Waals surface area contributed by atoms with Gasteiger partial charge < -0.3 is 20.6 Å². The first kappa shape index (κ1) is 18.5. The Labute approximate surface area is 156 Å². The SMILES string of the molecule is CCNC(=O)[C@@H]1C[C@@H](NC(=O)C2CC2)CN1C(=O)c1ccc(O)c(Cl)c1. The molecule has 1 aliphatic heterocycles. The van der Waals surface area contributed by atoms with Crippen molar-refractivity contribution in [3.63, 3.8) is 0 Å². The highest BCUT2D eigenvalue weighted by molar-refractivity contribution is 6.32. The summed E-state index contributed by atoms with van der Waals surface area (Å²) in [5, 5.41) is 15.3. The van der Waals surface area contributed by atoms with Crippen LogP contribution in [0.2, 0.25) is 5.02 Å². The van der Waals surface area contributed by atoms with Gasteiger partial charge in [0.2, 0.25) is 11.8 Å². The molecule has 2 atom stereocenters. The lowest BCUT2D eigenvalue weighted by molar-refractivity contribution is -0.125. The van der Waals surface area contributed by atoms with Crippen molar-refractivity contribution >= 4 is 29.3 Å². The van der Waals surface area contributed by atoms with Crippen LogP contribution in [0.15, 0.2) is 18.2 Å². The van der Waals surface area contributed by atoms with Crippen LogP contribution in [0.5, 0.6) is 5.75 Å². The fourth-order valence-corrected chi connectivity index (χ4v) is 3.36. The first-order valence-corrected chi connectivity index (χ1v) is 9.16. The van der Waals surface area contributed by atoms with E-state index in [1.807, 2.05) is 6.92 Å². The molecule has 1 aromatic carbocycles. The summed E-state index contributed by atoms with van der Waals surface area (Å²) in [5.74, 6) is -0.648. The molecule has 0 spiro atoms. The van der Waals surface area contributed by atoms with Crippen LogP contribution < -0.4 is 10.6 Å². The average Bonchev–Trinajstić information content (AvgIpc) is 3.38. The molecule has 3 N–H and O–H groups in total. The predicted octanol–water partition coefficient (Wildman–Crippen LogP) is 1.29. The number of carbonyl (C=O) groups is 3. The Morgan fingerprint density at radius 3 is 2.62 bits per heavy atom. The molecule has 7 nitrogen and oxygen atoms in total. The molecule has 0 bridgehead atoms. The number of carbonyl (C=O) groups excluding carboxylic acids is 3. The molecule has 1 heterocycles. The third-order valence-electron chi connectivity index (χ3n) is 4.70. The maximum atomic E-state index is 12.9. The van der Waals surface area contributed by atoms with E-state index in [0.717, 1.165) is 12.8 Å². The number of hydrogen-bond acceptors (Lipinski definition) is 4. The number of phenolic OH excluding ortho intramolecular Hbond substituents is 1. The second kappa shape index (κ2) is 7.53. The summed E-state index contributed by atoms with van der Waals surface area (Å²) in [5.41, 5.74) is 0.288. The van der Waals surface area contributed by atoms with Crippen LogP contribution in [0.1, 0.15) is 36.5 Å². The van der Waals surface area contributed by atoms with Crippen LogP contribution in [0.25, 0.3) is 0 Å². The monoisotopic (exact) mass is 379 g/mol. The molecule has 0 radical (unpaired) electrons.